The van der Waals surface area contributed by atoms with Crippen LogP contribution in [0.25, 0.3) is 0 Å². The van der Waals surface area contributed by atoms with Crippen LogP contribution in [0.2, 0.25) is 0 Å². The predicted octanol–water partition coefficient (Wildman–Crippen LogP) is -1.24. The number of aliphatic hydroxyl groups excluding tert-OH is 2. The molecule has 1 aliphatic heterocycles. The number of aliphatic hydroxyl groups is 2. The summed E-state index contributed by atoms with van der Waals surface area (Å²) in [5.74, 6) is -0.569. The maximum atomic E-state index is 10.6. The highest BCUT2D eigenvalue weighted by Gasteiger charge is 2.35. The summed E-state index contributed by atoms with van der Waals surface area (Å²) in [6.45, 7) is 2.37. The fourth-order valence-electron chi connectivity index (χ4n) is 1.58. The van der Waals surface area contributed by atoms with Gasteiger partial charge in [0, 0.05) is 31.0 Å². The summed E-state index contributed by atoms with van der Waals surface area (Å²) in [5, 5.41) is 21.4. The molecule has 3 N–H and O–H groups in total. The van der Waals surface area contributed by atoms with Crippen molar-refractivity contribution >= 4 is 6.29 Å². The summed E-state index contributed by atoms with van der Waals surface area (Å²) in [6.07, 6.45) is 0.0662. The van der Waals surface area contributed by atoms with Gasteiger partial charge in [-0.25, -0.2) is 0 Å². The zero-order valence-corrected chi connectivity index (χ0v) is 7.10. The monoisotopic (exact) mass is 173 g/mol. The van der Waals surface area contributed by atoms with Gasteiger partial charge in [0.2, 0.25) is 0 Å². The zero-order chi connectivity index (χ0) is 9.14. The van der Waals surface area contributed by atoms with E-state index in [4.69, 9.17) is 5.11 Å². The van der Waals surface area contributed by atoms with E-state index in [0.29, 0.717) is 6.54 Å². The van der Waals surface area contributed by atoms with Gasteiger partial charge in [0.05, 0.1) is 6.10 Å². The van der Waals surface area contributed by atoms with Crippen LogP contribution in [-0.4, -0.2) is 41.8 Å². The Morgan fingerprint density at radius 1 is 1.67 bits per heavy atom. The number of rotatable bonds is 2. The average Bonchev–Trinajstić information content (AvgIpc) is 2.09. The van der Waals surface area contributed by atoms with Crippen molar-refractivity contribution in [2.24, 2.45) is 11.8 Å². The van der Waals surface area contributed by atoms with Gasteiger partial charge in [-0.05, 0) is 6.92 Å². The lowest BCUT2D eigenvalue weighted by molar-refractivity contribution is -0.120. The Bertz CT molecular complexity index is 160. The second-order valence-electron chi connectivity index (χ2n) is 3.34. The fourth-order valence-corrected chi connectivity index (χ4v) is 1.58. The molecule has 0 radical (unpaired) electrons. The molecule has 4 heteroatoms. The summed E-state index contributed by atoms with van der Waals surface area (Å²) < 4.78 is 0. The first-order valence-electron chi connectivity index (χ1n) is 4.18. The van der Waals surface area contributed by atoms with Crippen LogP contribution in [-0.2, 0) is 4.79 Å². The lowest BCUT2D eigenvalue weighted by Gasteiger charge is -2.36. The zero-order valence-electron chi connectivity index (χ0n) is 7.10. The minimum atomic E-state index is -0.673. The van der Waals surface area contributed by atoms with Crippen molar-refractivity contribution in [1.29, 1.82) is 0 Å². The van der Waals surface area contributed by atoms with E-state index in [1.165, 1.54) is 0 Å². The van der Waals surface area contributed by atoms with E-state index in [-0.39, 0.29) is 18.6 Å². The van der Waals surface area contributed by atoms with Gasteiger partial charge < -0.3 is 20.3 Å². The largest absolute Gasteiger partial charge is 0.396 e. The fraction of sp³-hybridized carbons (Fsp3) is 0.875. The van der Waals surface area contributed by atoms with Crippen molar-refractivity contribution in [3.63, 3.8) is 0 Å². The molecule has 1 fully saturated rings. The Morgan fingerprint density at radius 2 is 2.33 bits per heavy atom. The number of hydrogen-bond donors (Lipinski definition) is 3. The van der Waals surface area contributed by atoms with Gasteiger partial charge in [0.15, 0.2) is 0 Å². The smallest absolute Gasteiger partial charge is 0.126 e. The third-order valence-corrected chi connectivity index (χ3v) is 2.54. The molecule has 12 heavy (non-hydrogen) atoms. The molecule has 0 aromatic rings. The second kappa shape index (κ2) is 3.98. The van der Waals surface area contributed by atoms with Crippen molar-refractivity contribution in [3.8, 4) is 0 Å². The standard InChI is InChI=1S/C8H15NO3/c1-5-8(12)7(4-11)6(3-10)2-9-5/h4-10,12H,2-3H2,1H3. The molecular weight excluding hydrogens is 158 g/mol. The summed E-state index contributed by atoms with van der Waals surface area (Å²) in [7, 11) is 0. The molecule has 4 nitrogen and oxygen atoms in total. The van der Waals surface area contributed by atoms with Gasteiger partial charge >= 0.3 is 0 Å². The van der Waals surface area contributed by atoms with Crippen LogP contribution in [0.4, 0.5) is 0 Å². The van der Waals surface area contributed by atoms with Crippen LogP contribution in [0.1, 0.15) is 6.92 Å². The van der Waals surface area contributed by atoms with Gasteiger partial charge in [0.25, 0.3) is 0 Å². The Kier molecular flexibility index (Phi) is 3.20. The average molecular weight is 173 g/mol. The molecule has 0 aliphatic carbocycles. The van der Waals surface area contributed by atoms with Crippen LogP contribution in [0.15, 0.2) is 0 Å². The highest BCUT2D eigenvalue weighted by atomic mass is 16.3. The SMILES string of the molecule is CC1NCC(CO)C(C=O)C1O. The van der Waals surface area contributed by atoms with E-state index in [9.17, 15) is 9.90 Å². The van der Waals surface area contributed by atoms with E-state index in [1.54, 1.807) is 0 Å². The first-order valence-corrected chi connectivity index (χ1v) is 4.18. The number of piperidine rings is 1. The molecule has 0 amide bonds. The minimum absolute atomic E-state index is 0.0554. The quantitative estimate of drug-likeness (QED) is 0.457. The van der Waals surface area contributed by atoms with E-state index in [1.807, 2.05) is 6.92 Å². The molecule has 1 saturated heterocycles. The van der Waals surface area contributed by atoms with Gasteiger partial charge in [-0.15, -0.1) is 0 Å². The third-order valence-electron chi connectivity index (χ3n) is 2.54. The second-order valence-corrected chi connectivity index (χ2v) is 3.34. The molecule has 1 rings (SSSR count). The Hall–Kier alpha value is -0.450. The Labute approximate surface area is 71.6 Å². The van der Waals surface area contributed by atoms with E-state index >= 15 is 0 Å². The van der Waals surface area contributed by atoms with Crippen molar-refractivity contribution in [2.45, 2.75) is 19.1 Å². The molecule has 4 atom stereocenters. The van der Waals surface area contributed by atoms with E-state index in [2.05, 4.69) is 5.32 Å². The predicted molar refractivity (Wildman–Crippen MR) is 43.6 cm³/mol. The molecule has 0 spiro atoms. The number of carbonyl (C=O) groups excluding carboxylic acids is 1. The van der Waals surface area contributed by atoms with Crippen LogP contribution in [0.5, 0.6) is 0 Å². The maximum Gasteiger partial charge on any atom is 0.126 e. The van der Waals surface area contributed by atoms with Crippen molar-refractivity contribution in [3.05, 3.63) is 0 Å². The molecule has 70 valence electrons. The van der Waals surface area contributed by atoms with Gasteiger partial charge in [-0.3, -0.25) is 0 Å². The molecule has 0 saturated carbocycles. The van der Waals surface area contributed by atoms with Gasteiger partial charge in [-0.1, -0.05) is 0 Å². The van der Waals surface area contributed by atoms with Crippen LogP contribution in [0, 0.1) is 11.8 Å². The summed E-state index contributed by atoms with van der Waals surface area (Å²) in [6, 6.07) is -0.0667. The van der Waals surface area contributed by atoms with Crippen molar-refractivity contribution in [2.75, 3.05) is 13.2 Å². The van der Waals surface area contributed by atoms with Crippen LogP contribution < -0.4 is 5.32 Å². The Morgan fingerprint density at radius 3 is 2.83 bits per heavy atom. The summed E-state index contributed by atoms with van der Waals surface area (Å²) in [5.41, 5.74) is 0. The van der Waals surface area contributed by atoms with Gasteiger partial charge in [-0.2, -0.15) is 0 Å². The molecule has 1 aliphatic rings. The highest BCUT2D eigenvalue weighted by Crippen LogP contribution is 2.20. The number of nitrogens with one attached hydrogen (secondary N) is 1. The molecular formula is C8H15NO3. The summed E-state index contributed by atoms with van der Waals surface area (Å²) in [4.78, 5) is 10.6. The van der Waals surface area contributed by atoms with Crippen molar-refractivity contribution in [1.82, 2.24) is 5.32 Å². The molecule has 0 aromatic heterocycles. The number of hydrogen-bond acceptors (Lipinski definition) is 4. The van der Waals surface area contributed by atoms with Gasteiger partial charge in [0.1, 0.15) is 6.29 Å². The normalized spacial score (nSPS) is 42.6. The topological polar surface area (TPSA) is 69.6 Å². The minimum Gasteiger partial charge on any atom is -0.396 e. The first-order chi connectivity index (χ1) is 5.70. The third kappa shape index (κ3) is 1.65. The first kappa shape index (κ1) is 9.64. The molecule has 1 heterocycles. The Balaban J connectivity index is 2.64. The van der Waals surface area contributed by atoms with Crippen LogP contribution in [0.3, 0.4) is 0 Å². The molecule has 4 unspecified atom stereocenters. The lowest BCUT2D eigenvalue weighted by atomic mass is 9.82. The van der Waals surface area contributed by atoms with E-state index in [0.717, 1.165) is 6.29 Å². The molecule has 0 bridgehead atoms. The van der Waals surface area contributed by atoms with Crippen LogP contribution >= 0.6 is 0 Å². The van der Waals surface area contributed by atoms with E-state index < -0.39 is 12.0 Å². The maximum absolute atomic E-state index is 10.6. The number of carbonyl (C=O) groups is 1. The summed E-state index contributed by atoms with van der Waals surface area (Å²) >= 11 is 0. The molecule has 0 aromatic carbocycles. The van der Waals surface area contributed by atoms with Crippen molar-refractivity contribution < 1.29 is 15.0 Å². The number of aldehydes is 1. The highest BCUT2D eigenvalue weighted by molar-refractivity contribution is 5.55. The lowest BCUT2D eigenvalue weighted by Crippen LogP contribution is -2.54.